The zero-order chi connectivity index (χ0) is 17.6. The van der Waals surface area contributed by atoms with E-state index in [0.29, 0.717) is 17.4 Å². The second-order valence-corrected chi connectivity index (χ2v) is 7.13. The van der Waals surface area contributed by atoms with Crippen molar-refractivity contribution in [3.63, 3.8) is 0 Å². The third-order valence-electron chi connectivity index (χ3n) is 5.51. The summed E-state index contributed by atoms with van der Waals surface area (Å²) in [5.74, 6) is 0.681. The molecule has 4 rings (SSSR count). The van der Waals surface area contributed by atoms with Crippen molar-refractivity contribution in [2.75, 3.05) is 12.4 Å². The van der Waals surface area contributed by atoms with E-state index in [1.54, 1.807) is 0 Å². The van der Waals surface area contributed by atoms with Crippen LogP contribution < -0.4 is 5.32 Å². The first-order valence-corrected chi connectivity index (χ1v) is 8.81. The maximum atomic E-state index is 11.7. The first-order valence-electron chi connectivity index (χ1n) is 8.81. The van der Waals surface area contributed by atoms with E-state index in [1.165, 1.54) is 35.1 Å². The van der Waals surface area contributed by atoms with Crippen LogP contribution in [0, 0.1) is 19.8 Å². The lowest BCUT2D eigenvalue weighted by molar-refractivity contribution is 0.0600. The summed E-state index contributed by atoms with van der Waals surface area (Å²) in [5.41, 5.74) is 7.14. The number of hydrogen-bond acceptors (Lipinski definition) is 3. The highest BCUT2D eigenvalue weighted by Crippen LogP contribution is 2.50. The molecule has 0 bridgehead atoms. The van der Waals surface area contributed by atoms with Crippen LogP contribution in [0.15, 0.2) is 48.6 Å². The molecule has 1 N–H and O–H groups in total. The number of carbonyl (C=O) groups excluding carboxylic acids is 1. The molecule has 128 valence electrons. The van der Waals surface area contributed by atoms with Gasteiger partial charge in [0.2, 0.25) is 0 Å². The number of anilines is 1. The highest BCUT2D eigenvalue weighted by Gasteiger charge is 2.38. The van der Waals surface area contributed by atoms with Crippen LogP contribution in [0.5, 0.6) is 0 Å². The monoisotopic (exact) mass is 333 g/mol. The Balaban J connectivity index is 1.73. The van der Waals surface area contributed by atoms with Gasteiger partial charge in [0.05, 0.1) is 18.7 Å². The Kier molecular flexibility index (Phi) is 3.87. The fourth-order valence-corrected chi connectivity index (χ4v) is 4.42. The normalized spacial score (nSPS) is 23.6. The second-order valence-electron chi connectivity index (χ2n) is 7.13. The molecule has 3 heteroatoms. The lowest BCUT2D eigenvalue weighted by Gasteiger charge is -2.38. The maximum Gasteiger partial charge on any atom is 0.337 e. The molecular formula is C22H23NO2. The van der Waals surface area contributed by atoms with E-state index in [-0.39, 0.29) is 12.0 Å². The number of esters is 1. The van der Waals surface area contributed by atoms with Gasteiger partial charge < -0.3 is 10.1 Å². The highest BCUT2D eigenvalue weighted by molar-refractivity contribution is 5.89. The summed E-state index contributed by atoms with van der Waals surface area (Å²) in [6.07, 6.45) is 5.75. The number of ether oxygens (including phenoxy) is 1. The molecule has 0 amide bonds. The molecule has 2 aromatic rings. The van der Waals surface area contributed by atoms with Gasteiger partial charge in [-0.15, -0.1) is 0 Å². The van der Waals surface area contributed by atoms with Crippen molar-refractivity contribution in [2.45, 2.75) is 32.2 Å². The quantitative estimate of drug-likeness (QED) is 0.626. The molecule has 0 saturated carbocycles. The number of rotatable bonds is 2. The molecule has 0 fully saturated rings. The van der Waals surface area contributed by atoms with Gasteiger partial charge in [-0.05, 0) is 66.6 Å². The van der Waals surface area contributed by atoms with E-state index < -0.39 is 0 Å². The van der Waals surface area contributed by atoms with Gasteiger partial charge >= 0.3 is 5.97 Å². The first kappa shape index (κ1) is 15.9. The molecule has 1 aliphatic heterocycles. The number of aryl methyl sites for hydroxylation is 2. The van der Waals surface area contributed by atoms with E-state index in [4.69, 9.17) is 4.74 Å². The molecule has 1 heterocycles. The van der Waals surface area contributed by atoms with Gasteiger partial charge in [0.15, 0.2) is 0 Å². The Labute approximate surface area is 148 Å². The fraction of sp³-hybridized carbons (Fsp3) is 0.318. The van der Waals surface area contributed by atoms with E-state index in [1.807, 2.05) is 24.3 Å². The topological polar surface area (TPSA) is 38.3 Å². The Morgan fingerprint density at radius 3 is 2.64 bits per heavy atom. The van der Waals surface area contributed by atoms with Crippen molar-refractivity contribution in [3.8, 4) is 0 Å². The van der Waals surface area contributed by atoms with Gasteiger partial charge in [0.25, 0.3) is 0 Å². The second kappa shape index (κ2) is 6.07. The standard InChI is InChI=1S/C22H23NO2/c1-13-11-14(2)20-17-5-4-6-18(17)21(23-19(20)12-13)15-7-9-16(10-8-15)22(24)25-3/h4-5,7-12,17-18,21,23H,6H2,1-3H3/t17-,18-,21+/m1/s1. The van der Waals surface area contributed by atoms with Gasteiger partial charge in [0, 0.05) is 11.6 Å². The van der Waals surface area contributed by atoms with Crippen LogP contribution >= 0.6 is 0 Å². The lowest BCUT2D eigenvalue weighted by atomic mass is 9.75. The minimum atomic E-state index is -0.292. The summed E-state index contributed by atoms with van der Waals surface area (Å²) in [6, 6.07) is 12.6. The van der Waals surface area contributed by atoms with Crippen LogP contribution in [0.25, 0.3) is 0 Å². The summed E-state index contributed by atoms with van der Waals surface area (Å²) >= 11 is 0. The number of carbonyl (C=O) groups is 1. The molecule has 0 unspecified atom stereocenters. The summed E-state index contributed by atoms with van der Waals surface area (Å²) in [6.45, 7) is 4.36. The van der Waals surface area contributed by atoms with Crippen LogP contribution in [-0.2, 0) is 4.74 Å². The summed E-state index contributed by atoms with van der Waals surface area (Å²) in [4.78, 5) is 11.7. The minimum Gasteiger partial charge on any atom is -0.465 e. The molecule has 25 heavy (non-hydrogen) atoms. The van der Waals surface area contributed by atoms with Gasteiger partial charge in [-0.2, -0.15) is 0 Å². The van der Waals surface area contributed by atoms with E-state index in [0.717, 1.165) is 6.42 Å². The lowest BCUT2D eigenvalue weighted by Crippen LogP contribution is -2.29. The number of fused-ring (bicyclic) bond motifs is 3. The summed E-state index contributed by atoms with van der Waals surface area (Å²) < 4.78 is 4.80. The van der Waals surface area contributed by atoms with E-state index >= 15 is 0 Å². The summed E-state index contributed by atoms with van der Waals surface area (Å²) in [7, 11) is 1.41. The van der Waals surface area contributed by atoms with Crippen molar-refractivity contribution in [3.05, 3.63) is 76.4 Å². The van der Waals surface area contributed by atoms with Crippen molar-refractivity contribution in [1.29, 1.82) is 0 Å². The predicted octanol–water partition coefficient (Wildman–Crippen LogP) is 4.92. The molecule has 1 aliphatic carbocycles. The van der Waals surface area contributed by atoms with Crippen LogP contribution in [0.4, 0.5) is 5.69 Å². The fourth-order valence-electron chi connectivity index (χ4n) is 4.42. The molecule has 0 aromatic heterocycles. The van der Waals surface area contributed by atoms with Crippen molar-refractivity contribution in [2.24, 2.45) is 5.92 Å². The summed E-state index contributed by atoms with van der Waals surface area (Å²) in [5, 5.41) is 3.77. The van der Waals surface area contributed by atoms with Crippen molar-refractivity contribution >= 4 is 11.7 Å². The van der Waals surface area contributed by atoms with Crippen molar-refractivity contribution < 1.29 is 9.53 Å². The third kappa shape index (κ3) is 2.64. The Morgan fingerprint density at radius 2 is 1.92 bits per heavy atom. The van der Waals surface area contributed by atoms with Gasteiger partial charge in [-0.25, -0.2) is 4.79 Å². The minimum absolute atomic E-state index is 0.250. The Bertz CT molecular complexity index is 851. The zero-order valence-electron chi connectivity index (χ0n) is 14.9. The molecule has 2 aliphatic rings. The molecule has 3 atom stereocenters. The van der Waals surface area contributed by atoms with E-state index in [9.17, 15) is 4.79 Å². The van der Waals surface area contributed by atoms with Crippen LogP contribution in [-0.4, -0.2) is 13.1 Å². The SMILES string of the molecule is COC(=O)c1ccc([C@@H]2Nc3cc(C)cc(C)c3[C@@H]3C=CC[C@H]32)cc1. The van der Waals surface area contributed by atoms with Gasteiger partial charge in [0.1, 0.15) is 0 Å². The van der Waals surface area contributed by atoms with Gasteiger partial charge in [-0.3, -0.25) is 0 Å². The first-order chi connectivity index (χ1) is 12.1. The highest BCUT2D eigenvalue weighted by atomic mass is 16.5. The molecule has 0 spiro atoms. The number of hydrogen-bond donors (Lipinski definition) is 1. The number of nitrogens with one attached hydrogen (secondary N) is 1. The predicted molar refractivity (Wildman–Crippen MR) is 100 cm³/mol. The smallest absolute Gasteiger partial charge is 0.337 e. The van der Waals surface area contributed by atoms with Crippen LogP contribution in [0.2, 0.25) is 0 Å². The van der Waals surface area contributed by atoms with Crippen molar-refractivity contribution in [1.82, 2.24) is 0 Å². The maximum absolute atomic E-state index is 11.7. The molecule has 0 radical (unpaired) electrons. The van der Waals surface area contributed by atoms with Crippen LogP contribution in [0.3, 0.4) is 0 Å². The average molecular weight is 333 g/mol. The molecule has 0 saturated heterocycles. The number of benzene rings is 2. The van der Waals surface area contributed by atoms with E-state index in [2.05, 4.69) is 43.4 Å². The largest absolute Gasteiger partial charge is 0.465 e. The average Bonchev–Trinajstić information content (AvgIpc) is 3.09. The van der Waals surface area contributed by atoms with Gasteiger partial charge in [-0.1, -0.05) is 30.4 Å². The van der Waals surface area contributed by atoms with Crippen LogP contribution in [0.1, 0.15) is 51.0 Å². The Hall–Kier alpha value is -2.55. The number of methoxy groups -OCH3 is 1. The zero-order valence-corrected chi connectivity index (χ0v) is 14.9. The Morgan fingerprint density at radius 1 is 1.16 bits per heavy atom. The number of allylic oxidation sites excluding steroid dienone is 2. The molecular weight excluding hydrogens is 310 g/mol. The third-order valence-corrected chi connectivity index (χ3v) is 5.51. The molecule has 3 nitrogen and oxygen atoms in total. The molecule has 2 aromatic carbocycles.